The van der Waals surface area contributed by atoms with Crippen molar-refractivity contribution in [2.45, 2.75) is 59.1 Å². The number of aliphatic imine (C=N–C) groups is 1. The zero-order valence-electron chi connectivity index (χ0n) is 17.5. The van der Waals surface area contributed by atoms with Crippen LogP contribution >= 0.6 is 0 Å². The minimum absolute atomic E-state index is 0.0833. The summed E-state index contributed by atoms with van der Waals surface area (Å²) in [4.78, 5) is 16.5. The van der Waals surface area contributed by atoms with E-state index in [2.05, 4.69) is 35.0 Å². The quantitative estimate of drug-likeness (QED) is 0.850. The summed E-state index contributed by atoms with van der Waals surface area (Å²) < 4.78 is 0. The van der Waals surface area contributed by atoms with Crippen molar-refractivity contribution in [2.24, 2.45) is 16.3 Å². The van der Waals surface area contributed by atoms with E-state index in [4.69, 9.17) is 9.97 Å². The molecule has 3 heterocycles. The van der Waals surface area contributed by atoms with Crippen LogP contribution < -0.4 is 4.90 Å². The Hall–Kier alpha value is -2.27. The largest absolute Gasteiger partial charge is 0.390 e. The molecule has 1 aliphatic carbocycles. The van der Waals surface area contributed by atoms with E-state index < -0.39 is 0 Å². The smallest absolute Gasteiger partial charge is 0.153 e. The maximum absolute atomic E-state index is 10.1. The molecule has 1 atom stereocenters. The number of aryl methyl sites for hydroxylation is 1. The van der Waals surface area contributed by atoms with Crippen LogP contribution in [0.15, 0.2) is 23.2 Å². The van der Waals surface area contributed by atoms with Crippen LogP contribution in [0.2, 0.25) is 0 Å². The minimum atomic E-state index is -0.0833. The number of hydrogen-bond donors (Lipinski definition) is 1. The highest BCUT2D eigenvalue weighted by Crippen LogP contribution is 2.50. The Morgan fingerprint density at radius 1 is 1.17 bits per heavy atom. The van der Waals surface area contributed by atoms with Gasteiger partial charge >= 0.3 is 0 Å². The van der Waals surface area contributed by atoms with E-state index >= 15 is 0 Å². The van der Waals surface area contributed by atoms with Gasteiger partial charge in [-0.25, -0.2) is 9.97 Å². The van der Waals surface area contributed by atoms with Crippen LogP contribution in [0.25, 0.3) is 11.3 Å². The van der Waals surface area contributed by atoms with Crippen LogP contribution in [0, 0.1) is 18.3 Å². The summed E-state index contributed by atoms with van der Waals surface area (Å²) in [6.07, 6.45) is 8.51. The summed E-state index contributed by atoms with van der Waals surface area (Å²) >= 11 is 0. The maximum atomic E-state index is 10.1. The van der Waals surface area contributed by atoms with Gasteiger partial charge in [0.25, 0.3) is 0 Å². The highest BCUT2D eigenvalue weighted by atomic mass is 16.3. The molecule has 29 heavy (non-hydrogen) atoms. The molecule has 1 aromatic carbocycles. The number of benzene rings is 1. The monoisotopic (exact) mass is 390 g/mol. The number of fused-ring (bicyclic) bond motifs is 1. The predicted octanol–water partition coefficient (Wildman–Crippen LogP) is 4.28. The number of aliphatic hydroxyl groups is 1. The van der Waals surface area contributed by atoms with E-state index in [1.165, 1.54) is 37.7 Å². The lowest BCUT2D eigenvalue weighted by Gasteiger charge is -2.43. The van der Waals surface area contributed by atoms with Crippen molar-refractivity contribution < 1.29 is 5.11 Å². The van der Waals surface area contributed by atoms with Gasteiger partial charge in [0.05, 0.1) is 24.5 Å². The fraction of sp³-hybridized carbons (Fsp3) is 0.542. The number of aromatic nitrogens is 2. The number of hydrogen-bond acceptors (Lipinski definition) is 5. The van der Waals surface area contributed by atoms with Gasteiger partial charge in [-0.1, -0.05) is 31.9 Å². The van der Waals surface area contributed by atoms with Crippen molar-refractivity contribution in [3.63, 3.8) is 0 Å². The standard InChI is InChI=1S/C24H30N4O/c1-16-4-3-7-24(16)8-10-28(11-9-24)23-21(15-29)27-22(17(2)26-23)18-5-6-19-13-25-14-20(19)12-18/h5-6,12,14,16,29H,3-4,7-11,13,15H2,1-2H3/t16-/m1/s1. The molecule has 5 rings (SSSR count). The first-order chi connectivity index (χ1) is 14.1. The molecule has 152 valence electrons. The van der Waals surface area contributed by atoms with Gasteiger partial charge in [-0.05, 0) is 54.7 Å². The second-order valence-corrected chi connectivity index (χ2v) is 9.11. The lowest BCUT2D eigenvalue weighted by molar-refractivity contribution is 0.161. The summed E-state index contributed by atoms with van der Waals surface area (Å²) in [7, 11) is 0. The fourth-order valence-electron chi connectivity index (χ4n) is 5.64. The van der Waals surface area contributed by atoms with Gasteiger partial charge in [0.1, 0.15) is 5.69 Å². The molecule has 0 amide bonds. The van der Waals surface area contributed by atoms with Crippen molar-refractivity contribution in [2.75, 3.05) is 18.0 Å². The highest BCUT2D eigenvalue weighted by molar-refractivity contribution is 5.86. The van der Waals surface area contributed by atoms with Gasteiger partial charge in [-0.3, -0.25) is 4.99 Å². The number of nitrogens with zero attached hydrogens (tertiary/aromatic N) is 4. The van der Waals surface area contributed by atoms with Crippen LogP contribution in [0.1, 0.15) is 61.5 Å². The van der Waals surface area contributed by atoms with Gasteiger partial charge in [0, 0.05) is 24.9 Å². The molecule has 5 heteroatoms. The van der Waals surface area contributed by atoms with E-state index in [0.29, 0.717) is 11.1 Å². The summed E-state index contributed by atoms with van der Waals surface area (Å²) in [5, 5.41) is 10.1. The topological polar surface area (TPSA) is 61.6 Å². The van der Waals surface area contributed by atoms with Crippen molar-refractivity contribution in [1.82, 2.24) is 9.97 Å². The SMILES string of the molecule is Cc1nc(N2CCC3(CCC[C@H]3C)CC2)c(CO)nc1-c1ccc2c(c1)C=NC2. The third kappa shape index (κ3) is 3.16. The summed E-state index contributed by atoms with van der Waals surface area (Å²) in [5.41, 5.74) is 6.45. The molecule has 1 aromatic heterocycles. The molecule has 2 aliphatic heterocycles. The fourth-order valence-corrected chi connectivity index (χ4v) is 5.64. The molecule has 0 unspecified atom stereocenters. The van der Waals surface area contributed by atoms with Crippen LogP contribution in [0.4, 0.5) is 5.82 Å². The maximum Gasteiger partial charge on any atom is 0.153 e. The average Bonchev–Trinajstić information content (AvgIpc) is 3.35. The first kappa shape index (κ1) is 18.7. The Morgan fingerprint density at radius 3 is 2.72 bits per heavy atom. The first-order valence-electron chi connectivity index (χ1n) is 11.0. The Morgan fingerprint density at radius 2 is 2.00 bits per heavy atom. The van der Waals surface area contributed by atoms with Gasteiger partial charge < -0.3 is 10.0 Å². The number of piperidine rings is 1. The molecule has 0 bridgehead atoms. The van der Waals surface area contributed by atoms with E-state index in [9.17, 15) is 5.11 Å². The Kier molecular flexibility index (Phi) is 4.66. The van der Waals surface area contributed by atoms with Gasteiger partial charge in [-0.2, -0.15) is 0 Å². The second kappa shape index (κ2) is 7.21. The van der Waals surface area contributed by atoms with Crippen LogP contribution in [-0.2, 0) is 13.2 Å². The van der Waals surface area contributed by atoms with E-state index in [1.54, 1.807) is 0 Å². The van der Waals surface area contributed by atoms with Crippen LogP contribution in [0.5, 0.6) is 0 Å². The molecule has 3 aliphatic rings. The minimum Gasteiger partial charge on any atom is -0.390 e. The molecule has 2 aromatic rings. The molecular weight excluding hydrogens is 360 g/mol. The Bertz CT molecular complexity index is 960. The third-order valence-corrected chi connectivity index (χ3v) is 7.60. The molecule has 1 N–H and O–H groups in total. The second-order valence-electron chi connectivity index (χ2n) is 9.11. The molecule has 5 nitrogen and oxygen atoms in total. The zero-order chi connectivity index (χ0) is 20.0. The first-order valence-corrected chi connectivity index (χ1v) is 11.0. The summed E-state index contributed by atoms with van der Waals surface area (Å²) in [6.45, 7) is 7.16. The van der Waals surface area contributed by atoms with E-state index in [-0.39, 0.29) is 6.61 Å². The van der Waals surface area contributed by atoms with E-state index in [0.717, 1.165) is 53.9 Å². The number of anilines is 1. The van der Waals surface area contributed by atoms with Crippen LogP contribution in [-0.4, -0.2) is 34.4 Å². The zero-order valence-corrected chi connectivity index (χ0v) is 17.5. The van der Waals surface area contributed by atoms with Crippen molar-refractivity contribution in [3.05, 3.63) is 40.7 Å². The lowest BCUT2D eigenvalue weighted by atomic mass is 9.71. The average molecular weight is 391 g/mol. The van der Waals surface area contributed by atoms with Crippen molar-refractivity contribution in [3.8, 4) is 11.3 Å². The van der Waals surface area contributed by atoms with Crippen molar-refractivity contribution >= 4 is 12.0 Å². The Balaban J connectivity index is 1.43. The van der Waals surface area contributed by atoms with Gasteiger partial charge in [0.15, 0.2) is 5.82 Å². The number of rotatable bonds is 3. The Labute approximate surface area is 172 Å². The number of aliphatic hydroxyl groups excluding tert-OH is 1. The van der Waals surface area contributed by atoms with E-state index in [1.807, 2.05) is 13.1 Å². The lowest BCUT2D eigenvalue weighted by Crippen LogP contribution is -2.42. The molecule has 2 fully saturated rings. The van der Waals surface area contributed by atoms with Gasteiger partial charge in [0.2, 0.25) is 0 Å². The normalized spacial score (nSPS) is 22.4. The van der Waals surface area contributed by atoms with Gasteiger partial charge in [-0.15, -0.1) is 0 Å². The summed E-state index contributed by atoms with van der Waals surface area (Å²) in [6, 6.07) is 6.35. The molecule has 1 saturated heterocycles. The molecule has 1 spiro atoms. The third-order valence-electron chi connectivity index (χ3n) is 7.60. The predicted molar refractivity (Wildman–Crippen MR) is 116 cm³/mol. The van der Waals surface area contributed by atoms with Crippen LogP contribution in [0.3, 0.4) is 0 Å². The van der Waals surface area contributed by atoms with Crippen molar-refractivity contribution in [1.29, 1.82) is 0 Å². The molecule has 1 saturated carbocycles. The highest BCUT2D eigenvalue weighted by Gasteiger charge is 2.42. The molecular formula is C24H30N4O. The summed E-state index contributed by atoms with van der Waals surface area (Å²) in [5.74, 6) is 1.71. The molecule has 0 radical (unpaired) electrons.